The summed E-state index contributed by atoms with van der Waals surface area (Å²) in [5.74, 6) is 5.71. The largest absolute Gasteiger partial charge is 0.264 e. The van der Waals surface area contributed by atoms with Gasteiger partial charge in [-0.05, 0) is 31.2 Å². The molecule has 2 rings (SSSR count). The molecule has 0 bridgehead atoms. The van der Waals surface area contributed by atoms with Crippen LogP contribution in [0.2, 0.25) is 0 Å². The summed E-state index contributed by atoms with van der Waals surface area (Å²) >= 11 is 0. The smallest absolute Gasteiger partial charge is 0.123 e. The van der Waals surface area contributed by atoms with Crippen LogP contribution in [0.3, 0.4) is 0 Å². The molecule has 2 aromatic rings. The molecule has 0 amide bonds. The Bertz CT molecular complexity index is 740. The van der Waals surface area contributed by atoms with Gasteiger partial charge in [-0.15, -0.1) is 0 Å². The first-order chi connectivity index (χ1) is 10.2. The fourth-order valence-electron chi connectivity index (χ4n) is 1.54. The highest BCUT2D eigenvalue weighted by atomic mass is 19.1. The van der Waals surface area contributed by atoms with Gasteiger partial charge in [0.1, 0.15) is 5.82 Å². The Hall–Kier alpha value is -2.93. The summed E-state index contributed by atoms with van der Waals surface area (Å²) in [6.45, 7) is 5.41. The fourth-order valence-corrected chi connectivity index (χ4v) is 1.54. The molecule has 0 saturated heterocycles. The molecule has 1 heterocycles. The summed E-state index contributed by atoms with van der Waals surface area (Å²) in [5, 5.41) is 4.20. The molecule has 21 heavy (non-hydrogen) atoms. The van der Waals surface area contributed by atoms with Gasteiger partial charge in [0.2, 0.25) is 0 Å². The summed E-state index contributed by atoms with van der Waals surface area (Å²) in [4.78, 5) is 4.00. The van der Waals surface area contributed by atoms with Crippen molar-refractivity contribution in [3.05, 3.63) is 72.5 Å². The fraction of sp³-hybridized carbons (Fsp3) is 0.0588. The van der Waals surface area contributed by atoms with Gasteiger partial charge in [0.05, 0.1) is 17.4 Å². The molecule has 3 nitrogen and oxygen atoms in total. The lowest BCUT2D eigenvalue weighted by molar-refractivity contribution is 0.627. The number of benzene rings is 1. The molecular weight excluding hydrogens is 265 g/mol. The Morgan fingerprint density at radius 1 is 1.38 bits per heavy atom. The van der Waals surface area contributed by atoms with Crippen molar-refractivity contribution in [2.24, 2.45) is 4.99 Å². The number of nitrogens with zero attached hydrogens (tertiary/aromatic N) is 3. The molecule has 0 spiro atoms. The quantitative estimate of drug-likeness (QED) is 0.624. The van der Waals surface area contributed by atoms with Gasteiger partial charge in [0, 0.05) is 24.2 Å². The second kappa shape index (κ2) is 7.01. The van der Waals surface area contributed by atoms with E-state index < -0.39 is 0 Å². The molecule has 0 aliphatic carbocycles. The van der Waals surface area contributed by atoms with E-state index >= 15 is 0 Å². The zero-order valence-electron chi connectivity index (χ0n) is 11.6. The van der Waals surface area contributed by atoms with Crippen LogP contribution in [0.15, 0.2) is 66.1 Å². The number of aliphatic imine (C=N–C) groups is 1. The minimum atomic E-state index is -0.272. The Kier molecular flexibility index (Phi) is 4.84. The van der Waals surface area contributed by atoms with E-state index in [4.69, 9.17) is 0 Å². The van der Waals surface area contributed by atoms with E-state index in [1.807, 2.05) is 6.92 Å². The van der Waals surface area contributed by atoms with Crippen LogP contribution >= 0.6 is 0 Å². The number of hydrogen-bond donors (Lipinski definition) is 0. The topological polar surface area (TPSA) is 30.2 Å². The van der Waals surface area contributed by atoms with Gasteiger partial charge in [-0.2, -0.15) is 5.10 Å². The van der Waals surface area contributed by atoms with E-state index in [1.165, 1.54) is 12.1 Å². The minimum absolute atomic E-state index is 0.272. The molecule has 0 aliphatic rings. The summed E-state index contributed by atoms with van der Waals surface area (Å²) < 4.78 is 14.5. The number of hydrogen-bond acceptors (Lipinski definition) is 2. The SMILES string of the molecule is C=CC=N/C=C(\C)C#Cc1cnn(-c2ccc(F)cc2)c1. The highest BCUT2D eigenvalue weighted by Gasteiger charge is 1.99. The lowest BCUT2D eigenvalue weighted by Crippen LogP contribution is -1.93. The molecule has 0 radical (unpaired) electrons. The molecule has 0 aliphatic heterocycles. The minimum Gasteiger partial charge on any atom is -0.264 e. The van der Waals surface area contributed by atoms with E-state index in [0.717, 1.165) is 16.8 Å². The van der Waals surface area contributed by atoms with Gasteiger partial charge in [0.25, 0.3) is 0 Å². The average Bonchev–Trinajstić information content (AvgIpc) is 2.95. The van der Waals surface area contributed by atoms with E-state index in [1.54, 1.807) is 47.7 Å². The van der Waals surface area contributed by atoms with Gasteiger partial charge >= 0.3 is 0 Å². The summed E-state index contributed by atoms with van der Waals surface area (Å²) in [7, 11) is 0. The first kappa shape index (κ1) is 14.5. The van der Waals surface area contributed by atoms with Crippen LogP contribution in [-0.4, -0.2) is 16.0 Å². The maximum atomic E-state index is 12.9. The van der Waals surface area contributed by atoms with Crippen LogP contribution in [0.25, 0.3) is 5.69 Å². The zero-order valence-corrected chi connectivity index (χ0v) is 11.6. The molecule has 104 valence electrons. The standard InChI is InChI=1S/C17H14FN3/c1-3-10-19-11-14(2)4-5-15-12-20-21(13-15)17-8-6-16(18)7-9-17/h3,6-13H,1H2,2H3/b14-11+,19-10?. The molecular formula is C17H14FN3. The van der Waals surface area contributed by atoms with E-state index in [0.29, 0.717) is 0 Å². The normalized spacial score (nSPS) is 11.2. The number of aromatic nitrogens is 2. The molecule has 1 aromatic heterocycles. The summed E-state index contributed by atoms with van der Waals surface area (Å²) in [6.07, 6.45) is 8.32. The van der Waals surface area contributed by atoms with Crippen LogP contribution in [0, 0.1) is 17.7 Å². The van der Waals surface area contributed by atoms with Crippen LogP contribution in [-0.2, 0) is 0 Å². The number of rotatable bonds is 3. The number of halogens is 1. The third kappa shape index (κ3) is 4.29. The molecule has 0 unspecified atom stereocenters. The Labute approximate surface area is 123 Å². The van der Waals surface area contributed by atoms with Gasteiger partial charge in [-0.1, -0.05) is 24.5 Å². The summed E-state index contributed by atoms with van der Waals surface area (Å²) in [6, 6.07) is 6.11. The van der Waals surface area contributed by atoms with Crippen molar-refractivity contribution in [1.29, 1.82) is 0 Å². The predicted molar refractivity (Wildman–Crippen MR) is 82.8 cm³/mol. The van der Waals surface area contributed by atoms with Crippen LogP contribution in [0.5, 0.6) is 0 Å². The van der Waals surface area contributed by atoms with E-state index in [2.05, 4.69) is 28.5 Å². The first-order valence-corrected chi connectivity index (χ1v) is 6.32. The van der Waals surface area contributed by atoms with Crippen molar-refractivity contribution < 1.29 is 4.39 Å². The lowest BCUT2D eigenvalue weighted by atomic mass is 10.3. The average molecular weight is 279 g/mol. The van der Waals surface area contributed by atoms with Crippen molar-refractivity contribution in [3.63, 3.8) is 0 Å². The first-order valence-electron chi connectivity index (χ1n) is 6.32. The molecule has 0 fully saturated rings. The van der Waals surface area contributed by atoms with Crippen LogP contribution in [0.4, 0.5) is 4.39 Å². The van der Waals surface area contributed by atoms with E-state index in [9.17, 15) is 4.39 Å². The van der Waals surface area contributed by atoms with Gasteiger partial charge < -0.3 is 0 Å². The summed E-state index contributed by atoms with van der Waals surface area (Å²) in [5.41, 5.74) is 2.40. The lowest BCUT2D eigenvalue weighted by Gasteiger charge is -1.99. The van der Waals surface area contributed by atoms with Crippen molar-refractivity contribution in [3.8, 4) is 17.5 Å². The van der Waals surface area contributed by atoms with Crippen molar-refractivity contribution >= 4 is 6.21 Å². The molecule has 1 aromatic carbocycles. The molecule has 0 atom stereocenters. The number of allylic oxidation sites excluding steroid dienone is 2. The van der Waals surface area contributed by atoms with Crippen molar-refractivity contribution in [2.75, 3.05) is 0 Å². The van der Waals surface area contributed by atoms with Crippen molar-refractivity contribution in [1.82, 2.24) is 9.78 Å². The molecule has 0 N–H and O–H groups in total. The Morgan fingerprint density at radius 3 is 2.86 bits per heavy atom. The molecule has 4 heteroatoms. The third-order valence-corrected chi connectivity index (χ3v) is 2.54. The molecule has 0 saturated carbocycles. The zero-order chi connectivity index (χ0) is 15.1. The highest BCUT2D eigenvalue weighted by Crippen LogP contribution is 2.09. The third-order valence-electron chi connectivity index (χ3n) is 2.54. The van der Waals surface area contributed by atoms with Crippen LogP contribution < -0.4 is 0 Å². The highest BCUT2D eigenvalue weighted by molar-refractivity contribution is 5.70. The maximum absolute atomic E-state index is 12.9. The predicted octanol–water partition coefficient (Wildman–Crippen LogP) is 3.52. The maximum Gasteiger partial charge on any atom is 0.123 e. The monoisotopic (exact) mass is 279 g/mol. The second-order valence-corrected chi connectivity index (χ2v) is 4.25. The van der Waals surface area contributed by atoms with Gasteiger partial charge in [0.15, 0.2) is 0 Å². The van der Waals surface area contributed by atoms with Crippen molar-refractivity contribution in [2.45, 2.75) is 6.92 Å². The Morgan fingerprint density at radius 2 is 2.14 bits per heavy atom. The van der Waals surface area contributed by atoms with E-state index in [-0.39, 0.29) is 5.82 Å². The van der Waals surface area contributed by atoms with Crippen LogP contribution in [0.1, 0.15) is 12.5 Å². The Balaban J connectivity index is 2.14. The van der Waals surface area contributed by atoms with Gasteiger partial charge in [-0.25, -0.2) is 9.07 Å². The van der Waals surface area contributed by atoms with Gasteiger partial charge in [-0.3, -0.25) is 4.99 Å². The second-order valence-electron chi connectivity index (χ2n) is 4.25.